The number of morpholine rings is 1. The number of H-pyrrole nitrogens is 1. The van der Waals surface area contributed by atoms with Crippen LogP contribution in [0.25, 0.3) is 10.8 Å². The Morgan fingerprint density at radius 1 is 1.43 bits per heavy atom. The second kappa shape index (κ2) is 6.28. The first-order valence-electron chi connectivity index (χ1n) is 7.46. The molecule has 1 aromatic carbocycles. The number of ether oxygens (including phenoxy) is 1. The summed E-state index contributed by atoms with van der Waals surface area (Å²) in [6.45, 7) is 6.61. The molecule has 2 aromatic rings. The number of fused-ring (bicyclic) bond motifs is 1. The van der Waals surface area contributed by atoms with Crippen LogP contribution in [0.15, 0.2) is 35.1 Å². The van der Waals surface area contributed by atoms with E-state index in [1.54, 1.807) is 0 Å². The molecule has 1 atom stereocenters. The van der Waals surface area contributed by atoms with Crippen molar-refractivity contribution >= 4 is 16.6 Å². The number of hydrogen-bond acceptors (Lipinski definition) is 4. The third-order valence-corrected chi connectivity index (χ3v) is 3.94. The highest BCUT2D eigenvalue weighted by molar-refractivity contribution is 5.83. The fourth-order valence-electron chi connectivity index (χ4n) is 2.72. The molecule has 0 bridgehead atoms. The number of nitrogens with one attached hydrogen (secondary N) is 2. The van der Waals surface area contributed by atoms with Crippen LogP contribution in [0.1, 0.15) is 6.92 Å². The Labute approximate surface area is 123 Å². The zero-order valence-corrected chi connectivity index (χ0v) is 12.3. The number of aromatic amines is 1. The normalized spacial score (nSPS) is 19.8. The van der Waals surface area contributed by atoms with Crippen LogP contribution in [0.4, 0.5) is 5.82 Å². The maximum atomic E-state index is 12.0. The predicted octanol–water partition coefficient (Wildman–Crippen LogP) is 1.66. The molecule has 0 aliphatic carbocycles. The Bertz CT molecular complexity index is 668. The molecule has 112 valence electrons. The van der Waals surface area contributed by atoms with Gasteiger partial charge in [-0.3, -0.25) is 9.69 Å². The largest absolute Gasteiger partial charge is 0.374 e. The first-order chi connectivity index (χ1) is 10.3. The van der Waals surface area contributed by atoms with Crippen molar-refractivity contribution in [2.24, 2.45) is 0 Å². The molecule has 1 fully saturated rings. The van der Waals surface area contributed by atoms with Gasteiger partial charge < -0.3 is 15.0 Å². The molecule has 1 unspecified atom stereocenters. The summed E-state index contributed by atoms with van der Waals surface area (Å²) >= 11 is 0. The summed E-state index contributed by atoms with van der Waals surface area (Å²) in [5, 5.41) is 4.95. The summed E-state index contributed by atoms with van der Waals surface area (Å²) in [4.78, 5) is 17.3. The van der Waals surface area contributed by atoms with Gasteiger partial charge in [0.05, 0.1) is 12.7 Å². The molecule has 0 amide bonds. The molecule has 1 aliphatic rings. The zero-order valence-electron chi connectivity index (χ0n) is 12.3. The number of likely N-dealkylation sites (N-methyl/N-ethyl adjacent to an activating group) is 1. The van der Waals surface area contributed by atoms with Gasteiger partial charge in [-0.15, -0.1) is 0 Å². The third-order valence-electron chi connectivity index (χ3n) is 3.94. The molecule has 21 heavy (non-hydrogen) atoms. The van der Waals surface area contributed by atoms with Gasteiger partial charge in [0, 0.05) is 25.0 Å². The maximum absolute atomic E-state index is 12.0. The molecule has 5 nitrogen and oxygen atoms in total. The topological polar surface area (TPSA) is 57.4 Å². The molecule has 0 saturated carbocycles. The van der Waals surface area contributed by atoms with E-state index in [1.807, 2.05) is 30.3 Å². The summed E-state index contributed by atoms with van der Waals surface area (Å²) in [6, 6.07) is 9.57. The van der Waals surface area contributed by atoms with Gasteiger partial charge in [0.25, 0.3) is 5.56 Å². The summed E-state index contributed by atoms with van der Waals surface area (Å²) in [5.41, 5.74) is -0.0599. The highest BCUT2D eigenvalue weighted by atomic mass is 16.5. The Balaban J connectivity index is 1.69. The Kier molecular flexibility index (Phi) is 4.22. The van der Waals surface area contributed by atoms with Crippen LogP contribution in [0.3, 0.4) is 0 Å². The minimum Gasteiger partial charge on any atom is -0.374 e. The van der Waals surface area contributed by atoms with Crippen LogP contribution < -0.4 is 10.9 Å². The number of nitrogens with zero attached hydrogens (tertiary/aromatic N) is 1. The second-order valence-corrected chi connectivity index (χ2v) is 5.37. The average molecular weight is 287 g/mol. The molecular weight excluding hydrogens is 266 g/mol. The van der Waals surface area contributed by atoms with Gasteiger partial charge in [-0.25, -0.2) is 0 Å². The Morgan fingerprint density at radius 2 is 2.29 bits per heavy atom. The van der Waals surface area contributed by atoms with Gasteiger partial charge in [-0.05, 0) is 24.1 Å². The first kappa shape index (κ1) is 14.1. The van der Waals surface area contributed by atoms with Crippen LogP contribution in [0.2, 0.25) is 0 Å². The molecular formula is C16H21N3O2. The quantitative estimate of drug-likeness (QED) is 0.898. The highest BCUT2D eigenvalue weighted by Crippen LogP contribution is 2.13. The molecule has 2 N–H and O–H groups in total. The number of anilines is 1. The average Bonchev–Trinajstić information content (AvgIpc) is 2.53. The van der Waals surface area contributed by atoms with Crippen molar-refractivity contribution in [1.29, 1.82) is 0 Å². The molecule has 1 saturated heterocycles. The van der Waals surface area contributed by atoms with E-state index in [1.165, 1.54) is 0 Å². The molecule has 0 spiro atoms. The SMILES string of the molecule is CCN1CCOC(CNc2cc3ccccc3c(=O)[nH]2)C1. The van der Waals surface area contributed by atoms with Crippen molar-refractivity contribution in [2.45, 2.75) is 13.0 Å². The molecule has 1 aromatic heterocycles. The highest BCUT2D eigenvalue weighted by Gasteiger charge is 2.18. The van der Waals surface area contributed by atoms with E-state index in [2.05, 4.69) is 22.1 Å². The molecule has 1 aliphatic heterocycles. The van der Waals surface area contributed by atoms with Gasteiger partial charge in [0.15, 0.2) is 0 Å². The summed E-state index contributed by atoms with van der Waals surface area (Å²) in [5.74, 6) is 0.746. The van der Waals surface area contributed by atoms with Crippen LogP contribution in [-0.4, -0.2) is 48.8 Å². The number of rotatable bonds is 4. The van der Waals surface area contributed by atoms with Crippen LogP contribution in [0.5, 0.6) is 0 Å². The molecule has 5 heteroatoms. The van der Waals surface area contributed by atoms with E-state index < -0.39 is 0 Å². The lowest BCUT2D eigenvalue weighted by Crippen LogP contribution is -2.45. The van der Waals surface area contributed by atoms with Crippen LogP contribution in [-0.2, 0) is 4.74 Å². The van der Waals surface area contributed by atoms with Crippen molar-refractivity contribution in [3.63, 3.8) is 0 Å². The lowest BCUT2D eigenvalue weighted by atomic mass is 10.2. The van der Waals surface area contributed by atoms with Gasteiger partial charge in [0.2, 0.25) is 0 Å². The van der Waals surface area contributed by atoms with Crippen molar-refractivity contribution in [1.82, 2.24) is 9.88 Å². The van der Waals surface area contributed by atoms with Crippen molar-refractivity contribution in [2.75, 3.05) is 38.1 Å². The van der Waals surface area contributed by atoms with Crippen molar-refractivity contribution < 1.29 is 4.74 Å². The minimum atomic E-state index is -0.0599. The molecule has 0 radical (unpaired) electrons. The van der Waals surface area contributed by atoms with E-state index in [0.717, 1.165) is 37.4 Å². The smallest absolute Gasteiger partial charge is 0.257 e. The van der Waals surface area contributed by atoms with Crippen molar-refractivity contribution in [3.05, 3.63) is 40.7 Å². The first-order valence-corrected chi connectivity index (χ1v) is 7.46. The van der Waals surface area contributed by atoms with E-state index in [0.29, 0.717) is 11.9 Å². The van der Waals surface area contributed by atoms with E-state index in [4.69, 9.17) is 4.74 Å². The number of benzene rings is 1. The summed E-state index contributed by atoms with van der Waals surface area (Å²) < 4.78 is 5.75. The van der Waals surface area contributed by atoms with Crippen LogP contribution in [0, 0.1) is 0 Å². The minimum absolute atomic E-state index is 0.0599. The van der Waals surface area contributed by atoms with Gasteiger partial charge >= 0.3 is 0 Å². The fourth-order valence-corrected chi connectivity index (χ4v) is 2.72. The Morgan fingerprint density at radius 3 is 3.14 bits per heavy atom. The number of pyridine rings is 1. The third kappa shape index (κ3) is 3.25. The molecule has 3 rings (SSSR count). The van der Waals surface area contributed by atoms with Crippen molar-refractivity contribution in [3.8, 4) is 0 Å². The van der Waals surface area contributed by atoms with E-state index in [-0.39, 0.29) is 11.7 Å². The predicted molar refractivity (Wildman–Crippen MR) is 84.9 cm³/mol. The summed E-state index contributed by atoms with van der Waals surface area (Å²) in [7, 11) is 0. The monoisotopic (exact) mass is 287 g/mol. The number of aromatic nitrogens is 1. The molecule has 2 heterocycles. The maximum Gasteiger partial charge on any atom is 0.257 e. The van der Waals surface area contributed by atoms with E-state index >= 15 is 0 Å². The van der Waals surface area contributed by atoms with Gasteiger partial charge in [-0.1, -0.05) is 25.1 Å². The summed E-state index contributed by atoms with van der Waals surface area (Å²) in [6.07, 6.45) is 0.161. The fraction of sp³-hybridized carbons (Fsp3) is 0.438. The number of hydrogen-bond donors (Lipinski definition) is 2. The second-order valence-electron chi connectivity index (χ2n) is 5.37. The lowest BCUT2D eigenvalue weighted by Gasteiger charge is -2.32. The Hall–Kier alpha value is -1.85. The van der Waals surface area contributed by atoms with Gasteiger partial charge in [0.1, 0.15) is 5.82 Å². The van der Waals surface area contributed by atoms with Gasteiger partial charge in [-0.2, -0.15) is 0 Å². The zero-order chi connectivity index (χ0) is 14.7. The van der Waals surface area contributed by atoms with Crippen LogP contribution >= 0.6 is 0 Å². The van der Waals surface area contributed by atoms with E-state index in [9.17, 15) is 4.79 Å². The standard InChI is InChI=1S/C16H21N3O2/c1-2-19-7-8-21-13(11-19)10-17-15-9-12-5-3-4-6-14(12)16(20)18-15/h3-6,9,13H,2,7-8,10-11H2,1H3,(H2,17,18,20). The lowest BCUT2D eigenvalue weighted by molar-refractivity contribution is -0.0192.